The normalized spacial score (nSPS) is 14.0. The van der Waals surface area contributed by atoms with E-state index in [9.17, 15) is 4.79 Å². The van der Waals surface area contributed by atoms with Crippen molar-refractivity contribution >= 4 is 28.9 Å². The molecule has 1 N–H and O–H groups in total. The van der Waals surface area contributed by atoms with E-state index in [2.05, 4.69) is 26.4 Å². The van der Waals surface area contributed by atoms with Crippen LogP contribution in [0.4, 0.5) is 11.4 Å². The number of carbonyl (C=O) groups excluding carboxylic acids is 1. The molecule has 0 saturated carbocycles. The van der Waals surface area contributed by atoms with Gasteiger partial charge in [0.1, 0.15) is 0 Å². The van der Waals surface area contributed by atoms with Crippen LogP contribution >= 0.6 is 11.6 Å². The molecule has 2 aromatic carbocycles. The number of nitrogens with zero attached hydrogens (tertiary/aromatic N) is 3. The second-order valence-corrected chi connectivity index (χ2v) is 7.60. The zero-order valence-corrected chi connectivity index (χ0v) is 17.5. The molecule has 0 unspecified atom stereocenters. The molecule has 0 bridgehead atoms. The van der Waals surface area contributed by atoms with Gasteiger partial charge in [0.2, 0.25) is 17.6 Å². The number of carbonyl (C=O) groups is 1. The summed E-state index contributed by atoms with van der Waals surface area (Å²) in [6.45, 7) is 5.25. The Labute approximate surface area is 180 Å². The van der Waals surface area contributed by atoms with Gasteiger partial charge in [0.05, 0.1) is 13.2 Å². The average Bonchev–Trinajstić information content (AvgIpc) is 3.24. The monoisotopic (exact) mass is 426 g/mol. The van der Waals surface area contributed by atoms with E-state index in [1.54, 1.807) is 12.1 Å². The highest BCUT2D eigenvalue weighted by atomic mass is 35.5. The maximum atomic E-state index is 12.4. The standard InChI is InChI=1S/C22H23ClN4O3/c1-15-14-18(27-10-12-29-13-11-27)6-7-19(15)24-20(28)8-9-21-25-22(26-30-21)16-2-4-17(23)5-3-16/h2-7,14H,8-13H2,1H3,(H,24,28). The van der Waals surface area contributed by atoms with Gasteiger partial charge < -0.3 is 19.5 Å². The Balaban J connectivity index is 1.32. The Bertz CT molecular complexity index is 1010. The fourth-order valence-corrected chi connectivity index (χ4v) is 3.44. The molecular formula is C22H23ClN4O3. The highest BCUT2D eigenvalue weighted by Gasteiger charge is 2.14. The maximum Gasteiger partial charge on any atom is 0.227 e. The van der Waals surface area contributed by atoms with Crippen LogP contribution < -0.4 is 10.2 Å². The van der Waals surface area contributed by atoms with Gasteiger partial charge in [-0.1, -0.05) is 16.8 Å². The van der Waals surface area contributed by atoms with E-state index in [1.165, 1.54) is 0 Å². The molecule has 3 aromatic rings. The maximum absolute atomic E-state index is 12.4. The summed E-state index contributed by atoms with van der Waals surface area (Å²) in [5.41, 5.74) is 3.80. The number of benzene rings is 2. The van der Waals surface area contributed by atoms with Gasteiger partial charge in [-0.3, -0.25) is 4.79 Å². The van der Waals surface area contributed by atoms with Crippen molar-refractivity contribution < 1.29 is 14.1 Å². The minimum Gasteiger partial charge on any atom is -0.378 e. The molecule has 1 fully saturated rings. The van der Waals surface area contributed by atoms with Crippen LogP contribution in [0, 0.1) is 6.92 Å². The van der Waals surface area contributed by atoms with Crippen LogP contribution in [0.25, 0.3) is 11.4 Å². The molecule has 30 heavy (non-hydrogen) atoms. The van der Waals surface area contributed by atoms with Crippen molar-refractivity contribution in [3.05, 3.63) is 58.9 Å². The number of halogens is 1. The van der Waals surface area contributed by atoms with E-state index in [1.807, 2.05) is 31.2 Å². The molecule has 1 amide bonds. The highest BCUT2D eigenvalue weighted by molar-refractivity contribution is 6.30. The fraction of sp³-hybridized carbons (Fsp3) is 0.318. The lowest BCUT2D eigenvalue weighted by Gasteiger charge is -2.29. The zero-order valence-electron chi connectivity index (χ0n) is 16.7. The number of hydrogen-bond donors (Lipinski definition) is 1. The summed E-state index contributed by atoms with van der Waals surface area (Å²) in [7, 11) is 0. The molecule has 0 spiro atoms. The summed E-state index contributed by atoms with van der Waals surface area (Å²) in [4.78, 5) is 19.0. The third-order valence-electron chi connectivity index (χ3n) is 5.00. The molecule has 4 rings (SSSR count). The number of rotatable bonds is 6. The lowest BCUT2D eigenvalue weighted by molar-refractivity contribution is -0.116. The first-order valence-electron chi connectivity index (χ1n) is 9.90. The van der Waals surface area contributed by atoms with Gasteiger partial charge >= 0.3 is 0 Å². The number of morpholine rings is 1. The topological polar surface area (TPSA) is 80.5 Å². The van der Waals surface area contributed by atoms with Crippen molar-refractivity contribution in [1.82, 2.24) is 10.1 Å². The third kappa shape index (κ3) is 4.98. The minimum absolute atomic E-state index is 0.0940. The second-order valence-electron chi connectivity index (χ2n) is 7.17. The molecule has 2 heterocycles. The quantitative estimate of drug-likeness (QED) is 0.639. The lowest BCUT2D eigenvalue weighted by atomic mass is 10.1. The van der Waals surface area contributed by atoms with Crippen molar-refractivity contribution in [2.24, 2.45) is 0 Å². The Morgan fingerprint density at radius 3 is 2.67 bits per heavy atom. The van der Waals surface area contributed by atoms with Crippen molar-refractivity contribution in [2.75, 3.05) is 36.5 Å². The molecule has 0 radical (unpaired) electrons. The molecule has 1 saturated heterocycles. The summed E-state index contributed by atoms with van der Waals surface area (Å²) in [6, 6.07) is 13.3. The molecular weight excluding hydrogens is 404 g/mol. The van der Waals surface area contributed by atoms with E-state index in [-0.39, 0.29) is 12.3 Å². The first kappa shape index (κ1) is 20.4. The van der Waals surface area contributed by atoms with Crippen LogP contribution in [0.2, 0.25) is 5.02 Å². The van der Waals surface area contributed by atoms with Gasteiger partial charge in [0, 0.05) is 47.9 Å². The molecule has 0 aliphatic carbocycles. The summed E-state index contributed by atoms with van der Waals surface area (Å²) >= 11 is 5.90. The minimum atomic E-state index is -0.0940. The number of anilines is 2. The number of ether oxygens (including phenoxy) is 1. The van der Waals surface area contributed by atoms with Crippen molar-refractivity contribution in [3.8, 4) is 11.4 Å². The number of hydrogen-bond acceptors (Lipinski definition) is 6. The van der Waals surface area contributed by atoms with Crippen molar-refractivity contribution in [1.29, 1.82) is 0 Å². The number of nitrogens with one attached hydrogen (secondary N) is 1. The van der Waals surface area contributed by atoms with E-state index in [0.29, 0.717) is 23.2 Å². The van der Waals surface area contributed by atoms with Gasteiger partial charge in [-0.15, -0.1) is 0 Å². The first-order chi connectivity index (χ1) is 14.6. The molecule has 7 nitrogen and oxygen atoms in total. The smallest absolute Gasteiger partial charge is 0.227 e. The molecule has 1 aromatic heterocycles. The molecule has 1 aliphatic rings. The number of amides is 1. The molecule has 0 atom stereocenters. The van der Waals surface area contributed by atoms with Crippen LogP contribution in [0.5, 0.6) is 0 Å². The first-order valence-corrected chi connectivity index (χ1v) is 10.3. The molecule has 156 valence electrons. The van der Waals surface area contributed by atoms with Crippen molar-refractivity contribution in [2.45, 2.75) is 19.8 Å². The van der Waals surface area contributed by atoms with E-state index >= 15 is 0 Å². The van der Waals surface area contributed by atoms with Crippen LogP contribution in [0.3, 0.4) is 0 Å². The van der Waals surface area contributed by atoms with E-state index in [0.717, 1.165) is 48.8 Å². The Kier molecular flexibility index (Phi) is 6.30. The predicted octanol–water partition coefficient (Wildman–Crippen LogP) is 4.11. The number of aromatic nitrogens is 2. The average molecular weight is 427 g/mol. The van der Waals surface area contributed by atoms with Crippen molar-refractivity contribution in [3.63, 3.8) is 0 Å². The highest BCUT2D eigenvalue weighted by Crippen LogP contribution is 2.24. The summed E-state index contributed by atoms with van der Waals surface area (Å²) < 4.78 is 10.7. The zero-order chi connectivity index (χ0) is 20.9. The van der Waals surface area contributed by atoms with Gasteiger partial charge in [-0.2, -0.15) is 4.98 Å². The Morgan fingerprint density at radius 2 is 1.93 bits per heavy atom. The van der Waals surface area contributed by atoms with Crippen LogP contribution in [0.1, 0.15) is 17.9 Å². The molecule has 1 aliphatic heterocycles. The summed E-state index contributed by atoms with van der Waals surface area (Å²) in [5, 5.41) is 7.59. The Morgan fingerprint density at radius 1 is 1.17 bits per heavy atom. The third-order valence-corrected chi connectivity index (χ3v) is 5.25. The summed E-state index contributed by atoms with van der Waals surface area (Å²) in [5.74, 6) is 0.814. The lowest BCUT2D eigenvalue weighted by Crippen LogP contribution is -2.36. The largest absolute Gasteiger partial charge is 0.378 e. The Hall–Kier alpha value is -2.90. The van der Waals surface area contributed by atoms with E-state index < -0.39 is 0 Å². The second kappa shape index (κ2) is 9.28. The van der Waals surface area contributed by atoms with Gasteiger partial charge in [0.25, 0.3) is 0 Å². The van der Waals surface area contributed by atoms with Crippen LogP contribution in [-0.2, 0) is 16.0 Å². The SMILES string of the molecule is Cc1cc(N2CCOCC2)ccc1NC(=O)CCc1nc(-c2ccc(Cl)cc2)no1. The van der Waals surface area contributed by atoms with Crippen LogP contribution in [-0.4, -0.2) is 42.4 Å². The molecule has 8 heteroatoms. The van der Waals surface area contributed by atoms with Gasteiger partial charge in [0.15, 0.2) is 0 Å². The number of aryl methyl sites for hydroxylation is 2. The van der Waals surface area contributed by atoms with E-state index in [4.69, 9.17) is 20.9 Å². The van der Waals surface area contributed by atoms with Gasteiger partial charge in [-0.25, -0.2) is 0 Å². The van der Waals surface area contributed by atoms with Gasteiger partial charge in [-0.05, 0) is 55.0 Å². The summed E-state index contributed by atoms with van der Waals surface area (Å²) in [6.07, 6.45) is 0.629. The fourth-order valence-electron chi connectivity index (χ4n) is 3.31. The predicted molar refractivity (Wildman–Crippen MR) is 116 cm³/mol. The van der Waals surface area contributed by atoms with Crippen LogP contribution in [0.15, 0.2) is 47.0 Å².